The number of benzene rings is 1. The van der Waals surface area contributed by atoms with E-state index in [4.69, 9.17) is 0 Å². The quantitative estimate of drug-likeness (QED) is 0.895. The summed E-state index contributed by atoms with van der Waals surface area (Å²) in [5, 5.41) is 6.42. The fraction of sp³-hybridized carbons (Fsp3) is 0.588. The zero-order valence-corrected chi connectivity index (χ0v) is 14.0. The fourth-order valence-electron chi connectivity index (χ4n) is 2.66. The SMILES string of the molecule is CC(C)c1ccc(C(C)NC(=O)[C@@H]2CCCNC2)cc1.Cl. The van der Waals surface area contributed by atoms with Crippen molar-refractivity contribution in [2.24, 2.45) is 5.92 Å². The average molecular weight is 311 g/mol. The molecule has 1 fully saturated rings. The van der Waals surface area contributed by atoms with Gasteiger partial charge in [0, 0.05) is 6.54 Å². The molecular formula is C17H27ClN2O. The predicted molar refractivity (Wildman–Crippen MR) is 89.9 cm³/mol. The van der Waals surface area contributed by atoms with Crippen molar-refractivity contribution in [2.45, 2.75) is 45.6 Å². The van der Waals surface area contributed by atoms with Gasteiger partial charge in [0.25, 0.3) is 0 Å². The molecule has 1 heterocycles. The molecule has 1 aliphatic rings. The third-order valence-corrected chi connectivity index (χ3v) is 4.13. The number of carbonyl (C=O) groups is 1. The Morgan fingerprint density at radius 1 is 1.19 bits per heavy atom. The topological polar surface area (TPSA) is 41.1 Å². The summed E-state index contributed by atoms with van der Waals surface area (Å²) in [7, 11) is 0. The van der Waals surface area contributed by atoms with E-state index in [0.717, 1.165) is 25.9 Å². The Labute approximate surface area is 134 Å². The molecule has 2 atom stereocenters. The van der Waals surface area contributed by atoms with Crippen LogP contribution in [0.15, 0.2) is 24.3 Å². The van der Waals surface area contributed by atoms with E-state index in [1.165, 1.54) is 11.1 Å². The third-order valence-electron chi connectivity index (χ3n) is 4.13. The Morgan fingerprint density at radius 3 is 2.33 bits per heavy atom. The molecule has 0 saturated carbocycles. The molecule has 1 saturated heterocycles. The summed E-state index contributed by atoms with van der Waals surface area (Å²) in [6, 6.07) is 8.64. The molecule has 4 heteroatoms. The molecule has 21 heavy (non-hydrogen) atoms. The molecule has 0 bridgehead atoms. The van der Waals surface area contributed by atoms with Gasteiger partial charge < -0.3 is 10.6 Å². The summed E-state index contributed by atoms with van der Waals surface area (Å²) in [6.07, 6.45) is 2.09. The molecule has 1 unspecified atom stereocenters. The molecule has 2 rings (SSSR count). The van der Waals surface area contributed by atoms with E-state index < -0.39 is 0 Å². The summed E-state index contributed by atoms with van der Waals surface area (Å²) in [6.45, 7) is 8.28. The van der Waals surface area contributed by atoms with Gasteiger partial charge in [-0.3, -0.25) is 4.79 Å². The molecule has 0 spiro atoms. The first-order valence-corrected chi connectivity index (χ1v) is 7.69. The number of amides is 1. The number of piperidine rings is 1. The highest BCUT2D eigenvalue weighted by Crippen LogP contribution is 2.19. The molecule has 1 aromatic rings. The molecule has 1 aliphatic heterocycles. The van der Waals surface area contributed by atoms with Crippen molar-refractivity contribution in [3.05, 3.63) is 35.4 Å². The second-order valence-electron chi connectivity index (χ2n) is 6.09. The van der Waals surface area contributed by atoms with E-state index in [-0.39, 0.29) is 30.3 Å². The van der Waals surface area contributed by atoms with E-state index >= 15 is 0 Å². The van der Waals surface area contributed by atoms with Crippen molar-refractivity contribution in [3.63, 3.8) is 0 Å². The lowest BCUT2D eigenvalue weighted by molar-refractivity contribution is -0.126. The Hall–Kier alpha value is -1.06. The van der Waals surface area contributed by atoms with Crippen LogP contribution in [0.4, 0.5) is 0 Å². The third kappa shape index (κ3) is 5.01. The largest absolute Gasteiger partial charge is 0.349 e. The Kier molecular flexibility index (Phi) is 7.20. The molecule has 1 amide bonds. The number of hydrogen-bond donors (Lipinski definition) is 2. The van der Waals surface area contributed by atoms with Gasteiger partial charge in [0.2, 0.25) is 5.91 Å². The van der Waals surface area contributed by atoms with Crippen LogP contribution in [0.3, 0.4) is 0 Å². The molecule has 0 aliphatic carbocycles. The van der Waals surface area contributed by atoms with Crippen LogP contribution < -0.4 is 10.6 Å². The van der Waals surface area contributed by atoms with E-state index in [9.17, 15) is 4.79 Å². The van der Waals surface area contributed by atoms with E-state index in [1.807, 2.05) is 0 Å². The minimum atomic E-state index is 0. The van der Waals surface area contributed by atoms with Gasteiger partial charge in [-0.2, -0.15) is 0 Å². The zero-order valence-electron chi connectivity index (χ0n) is 13.2. The maximum Gasteiger partial charge on any atom is 0.224 e. The normalized spacial score (nSPS) is 19.7. The Morgan fingerprint density at radius 2 is 1.81 bits per heavy atom. The number of rotatable bonds is 4. The lowest BCUT2D eigenvalue weighted by Crippen LogP contribution is -2.41. The van der Waals surface area contributed by atoms with Crippen molar-refractivity contribution < 1.29 is 4.79 Å². The smallest absolute Gasteiger partial charge is 0.224 e. The van der Waals surface area contributed by atoms with Crippen molar-refractivity contribution in [2.75, 3.05) is 13.1 Å². The molecule has 3 nitrogen and oxygen atoms in total. The maximum absolute atomic E-state index is 12.2. The van der Waals surface area contributed by atoms with Crippen LogP contribution in [-0.2, 0) is 4.79 Å². The zero-order chi connectivity index (χ0) is 14.5. The highest BCUT2D eigenvalue weighted by Gasteiger charge is 2.22. The number of hydrogen-bond acceptors (Lipinski definition) is 2. The highest BCUT2D eigenvalue weighted by molar-refractivity contribution is 5.85. The van der Waals surface area contributed by atoms with Gasteiger partial charge in [0.15, 0.2) is 0 Å². The fourth-order valence-corrected chi connectivity index (χ4v) is 2.66. The predicted octanol–water partition coefficient (Wildman–Crippen LogP) is 3.41. The molecular weight excluding hydrogens is 284 g/mol. The summed E-state index contributed by atoms with van der Waals surface area (Å²) in [4.78, 5) is 12.2. The van der Waals surface area contributed by atoms with Gasteiger partial charge in [0.1, 0.15) is 0 Å². The molecule has 2 N–H and O–H groups in total. The molecule has 1 aromatic carbocycles. The second-order valence-corrected chi connectivity index (χ2v) is 6.09. The average Bonchev–Trinajstić information content (AvgIpc) is 2.48. The summed E-state index contributed by atoms with van der Waals surface area (Å²) >= 11 is 0. The van der Waals surface area contributed by atoms with Crippen molar-refractivity contribution in [1.82, 2.24) is 10.6 Å². The van der Waals surface area contributed by atoms with Crippen LogP contribution >= 0.6 is 12.4 Å². The first kappa shape index (κ1) is 18.0. The highest BCUT2D eigenvalue weighted by atomic mass is 35.5. The molecule has 0 aromatic heterocycles. The van der Waals surface area contributed by atoms with Gasteiger partial charge >= 0.3 is 0 Å². The molecule has 118 valence electrons. The minimum absolute atomic E-state index is 0. The summed E-state index contributed by atoms with van der Waals surface area (Å²) in [5.74, 6) is 0.848. The van der Waals surface area contributed by atoms with Crippen molar-refractivity contribution in [3.8, 4) is 0 Å². The van der Waals surface area contributed by atoms with E-state index in [1.54, 1.807) is 0 Å². The number of halogens is 1. The number of carbonyl (C=O) groups excluding carboxylic acids is 1. The van der Waals surface area contributed by atoms with Gasteiger partial charge in [0.05, 0.1) is 12.0 Å². The standard InChI is InChI=1S/C17H26N2O.ClH/c1-12(2)14-6-8-15(9-7-14)13(3)19-17(20)16-5-4-10-18-11-16;/h6-9,12-13,16,18H,4-5,10-11H2,1-3H3,(H,19,20);1H/t13?,16-;/m1./s1. The first-order chi connectivity index (χ1) is 9.58. The number of nitrogens with one attached hydrogen (secondary N) is 2. The minimum Gasteiger partial charge on any atom is -0.349 e. The second kappa shape index (κ2) is 8.40. The summed E-state index contributed by atoms with van der Waals surface area (Å²) in [5.41, 5.74) is 2.51. The monoisotopic (exact) mass is 310 g/mol. The van der Waals surface area contributed by atoms with Gasteiger partial charge in [-0.25, -0.2) is 0 Å². The maximum atomic E-state index is 12.2. The lowest BCUT2D eigenvalue weighted by Gasteiger charge is -2.24. The summed E-state index contributed by atoms with van der Waals surface area (Å²) < 4.78 is 0. The van der Waals surface area contributed by atoms with Crippen LogP contribution in [0.5, 0.6) is 0 Å². The van der Waals surface area contributed by atoms with Crippen LogP contribution in [0.2, 0.25) is 0 Å². The Bertz CT molecular complexity index is 439. The van der Waals surface area contributed by atoms with Gasteiger partial charge in [-0.05, 0) is 43.4 Å². The van der Waals surface area contributed by atoms with Crippen LogP contribution in [0.25, 0.3) is 0 Å². The molecule has 0 radical (unpaired) electrons. The van der Waals surface area contributed by atoms with Crippen LogP contribution in [0, 0.1) is 5.92 Å². The van der Waals surface area contributed by atoms with Crippen molar-refractivity contribution >= 4 is 18.3 Å². The van der Waals surface area contributed by atoms with Crippen molar-refractivity contribution in [1.29, 1.82) is 0 Å². The first-order valence-electron chi connectivity index (χ1n) is 7.69. The van der Waals surface area contributed by atoms with Gasteiger partial charge in [-0.1, -0.05) is 38.1 Å². The van der Waals surface area contributed by atoms with Gasteiger partial charge in [-0.15, -0.1) is 12.4 Å². The van der Waals surface area contributed by atoms with E-state index in [0.29, 0.717) is 5.92 Å². The Balaban J connectivity index is 0.00000220. The van der Waals surface area contributed by atoms with Crippen LogP contribution in [-0.4, -0.2) is 19.0 Å². The lowest BCUT2D eigenvalue weighted by atomic mass is 9.97. The van der Waals surface area contributed by atoms with Crippen LogP contribution in [0.1, 0.15) is 56.7 Å². The van der Waals surface area contributed by atoms with E-state index in [2.05, 4.69) is 55.7 Å².